The molecule has 1 fully saturated rings. The fourth-order valence-electron chi connectivity index (χ4n) is 2.90. The predicted octanol–water partition coefficient (Wildman–Crippen LogP) is 1.12. The highest BCUT2D eigenvalue weighted by Gasteiger charge is 2.25. The summed E-state index contributed by atoms with van der Waals surface area (Å²) >= 11 is 0. The van der Waals surface area contributed by atoms with Gasteiger partial charge in [0, 0.05) is 31.4 Å². The van der Waals surface area contributed by atoms with Gasteiger partial charge in [-0.2, -0.15) is 5.10 Å². The van der Waals surface area contributed by atoms with Crippen LogP contribution in [0.1, 0.15) is 31.4 Å². The first-order chi connectivity index (χ1) is 9.65. The molecule has 0 radical (unpaired) electrons. The Labute approximate surface area is 144 Å². The molecule has 2 atom stereocenters. The molecule has 8 heteroatoms. The van der Waals surface area contributed by atoms with Gasteiger partial charge in [-0.25, -0.2) is 0 Å². The van der Waals surface area contributed by atoms with Gasteiger partial charge in [0.1, 0.15) is 6.04 Å². The number of hydrogen-bond acceptors (Lipinski definition) is 4. The molecule has 0 saturated carbocycles. The summed E-state index contributed by atoms with van der Waals surface area (Å²) in [4.78, 5) is 14.7. The second-order valence-corrected chi connectivity index (χ2v) is 5.34. The van der Waals surface area contributed by atoms with Crippen LogP contribution in [0.15, 0.2) is 12.4 Å². The Kier molecular flexibility index (Phi) is 9.67. The van der Waals surface area contributed by atoms with E-state index in [4.69, 9.17) is 0 Å². The monoisotopic (exact) mass is 351 g/mol. The molecule has 1 aromatic heterocycles. The topological polar surface area (TPSA) is 62.2 Å². The largest absolute Gasteiger partial charge is 0.353 e. The molecule has 0 aromatic carbocycles. The third-order valence-corrected chi connectivity index (χ3v) is 4.03. The van der Waals surface area contributed by atoms with E-state index in [-0.39, 0.29) is 36.8 Å². The fourth-order valence-corrected chi connectivity index (χ4v) is 2.90. The SMILES string of the molecule is CCN1CCCC1CNC(=O)C(NC)c1cnn(C)c1.Cl.Cl. The van der Waals surface area contributed by atoms with Crippen molar-refractivity contribution < 1.29 is 4.79 Å². The van der Waals surface area contributed by atoms with E-state index in [9.17, 15) is 4.79 Å². The number of nitrogens with zero attached hydrogens (tertiary/aromatic N) is 3. The van der Waals surface area contributed by atoms with Crippen LogP contribution in [0.2, 0.25) is 0 Å². The molecule has 1 aliphatic rings. The molecular formula is C14H27Cl2N5O. The summed E-state index contributed by atoms with van der Waals surface area (Å²) in [6.45, 7) is 5.10. The van der Waals surface area contributed by atoms with Gasteiger partial charge in [0.05, 0.1) is 6.20 Å². The van der Waals surface area contributed by atoms with Gasteiger partial charge >= 0.3 is 0 Å². The highest BCUT2D eigenvalue weighted by atomic mass is 35.5. The van der Waals surface area contributed by atoms with Gasteiger partial charge in [0.25, 0.3) is 0 Å². The predicted molar refractivity (Wildman–Crippen MR) is 92.8 cm³/mol. The summed E-state index contributed by atoms with van der Waals surface area (Å²) in [6, 6.07) is 0.149. The van der Waals surface area contributed by atoms with E-state index in [2.05, 4.69) is 27.6 Å². The van der Waals surface area contributed by atoms with Crippen molar-refractivity contribution in [3.05, 3.63) is 18.0 Å². The number of aryl methyl sites for hydroxylation is 1. The molecule has 2 N–H and O–H groups in total. The normalized spacial score (nSPS) is 19.1. The number of rotatable bonds is 6. The van der Waals surface area contributed by atoms with Crippen molar-refractivity contribution in [2.45, 2.75) is 31.8 Å². The van der Waals surface area contributed by atoms with E-state index in [0.717, 1.165) is 25.2 Å². The Morgan fingerprint density at radius 2 is 2.23 bits per heavy atom. The maximum absolute atomic E-state index is 12.3. The standard InChI is InChI=1S/C14H25N5O.2ClH/c1-4-19-7-5-6-12(19)9-16-14(20)13(15-2)11-8-17-18(3)10-11;;/h8,10,12-13,15H,4-7,9H2,1-3H3,(H,16,20);2*1H. The quantitative estimate of drug-likeness (QED) is 0.806. The van der Waals surface area contributed by atoms with E-state index >= 15 is 0 Å². The third-order valence-electron chi connectivity index (χ3n) is 4.03. The molecule has 22 heavy (non-hydrogen) atoms. The average molecular weight is 352 g/mol. The third kappa shape index (κ3) is 5.12. The van der Waals surface area contributed by atoms with E-state index in [1.54, 1.807) is 17.9 Å². The maximum Gasteiger partial charge on any atom is 0.241 e. The highest BCUT2D eigenvalue weighted by Crippen LogP contribution is 2.16. The average Bonchev–Trinajstić information content (AvgIpc) is 3.06. The molecule has 128 valence electrons. The van der Waals surface area contributed by atoms with E-state index < -0.39 is 0 Å². The second-order valence-electron chi connectivity index (χ2n) is 5.34. The molecular weight excluding hydrogens is 325 g/mol. The number of carbonyl (C=O) groups is 1. The summed E-state index contributed by atoms with van der Waals surface area (Å²) in [7, 11) is 3.65. The minimum atomic E-state index is -0.333. The molecule has 0 spiro atoms. The summed E-state index contributed by atoms with van der Waals surface area (Å²) < 4.78 is 1.71. The van der Waals surface area contributed by atoms with Crippen LogP contribution < -0.4 is 10.6 Å². The van der Waals surface area contributed by atoms with Crippen molar-refractivity contribution in [2.24, 2.45) is 7.05 Å². The Morgan fingerprint density at radius 1 is 1.50 bits per heavy atom. The second kappa shape index (κ2) is 10.0. The first kappa shape index (κ1) is 21.2. The van der Waals surface area contributed by atoms with Gasteiger partial charge in [0.15, 0.2) is 0 Å². The summed E-state index contributed by atoms with van der Waals surface area (Å²) in [5, 5.41) is 10.2. The van der Waals surface area contributed by atoms with Crippen molar-refractivity contribution >= 4 is 30.7 Å². The van der Waals surface area contributed by atoms with Crippen LogP contribution in [0, 0.1) is 0 Å². The minimum absolute atomic E-state index is 0. The molecule has 0 bridgehead atoms. The van der Waals surface area contributed by atoms with Gasteiger partial charge in [-0.3, -0.25) is 14.4 Å². The number of amides is 1. The Balaban J connectivity index is 0.00000220. The van der Waals surface area contributed by atoms with Crippen molar-refractivity contribution in [3.63, 3.8) is 0 Å². The molecule has 6 nitrogen and oxygen atoms in total. The number of likely N-dealkylation sites (tertiary alicyclic amines) is 1. The van der Waals surface area contributed by atoms with E-state index in [1.165, 1.54) is 12.8 Å². The summed E-state index contributed by atoms with van der Waals surface area (Å²) in [5.41, 5.74) is 0.895. The number of carbonyl (C=O) groups excluding carboxylic acids is 1. The van der Waals surface area contributed by atoms with Crippen molar-refractivity contribution in [1.82, 2.24) is 25.3 Å². The zero-order valence-corrected chi connectivity index (χ0v) is 15.0. The Morgan fingerprint density at radius 3 is 2.77 bits per heavy atom. The van der Waals surface area contributed by atoms with Crippen molar-refractivity contribution in [3.8, 4) is 0 Å². The van der Waals surface area contributed by atoms with Crippen LogP contribution in [-0.4, -0.2) is 53.3 Å². The molecule has 1 aromatic rings. The zero-order valence-electron chi connectivity index (χ0n) is 13.4. The van der Waals surface area contributed by atoms with Crippen LogP contribution in [0.4, 0.5) is 0 Å². The van der Waals surface area contributed by atoms with Crippen LogP contribution in [-0.2, 0) is 11.8 Å². The number of hydrogen-bond donors (Lipinski definition) is 2. The van der Waals surface area contributed by atoms with E-state index in [1.807, 2.05) is 13.2 Å². The lowest BCUT2D eigenvalue weighted by Crippen LogP contribution is -2.43. The Bertz CT molecular complexity index is 454. The number of aromatic nitrogens is 2. The van der Waals surface area contributed by atoms with E-state index in [0.29, 0.717) is 6.04 Å². The molecule has 0 aliphatic carbocycles. The number of likely N-dealkylation sites (N-methyl/N-ethyl adjacent to an activating group) is 2. The molecule has 2 rings (SSSR count). The highest BCUT2D eigenvalue weighted by molar-refractivity contribution is 5.85. The Hall–Kier alpha value is -0.820. The van der Waals surface area contributed by atoms with Gasteiger partial charge < -0.3 is 10.6 Å². The molecule has 1 saturated heterocycles. The van der Waals surface area contributed by atoms with Crippen molar-refractivity contribution in [2.75, 3.05) is 26.7 Å². The smallest absolute Gasteiger partial charge is 0.241 e. The summed E-state index contributed by atoms with van der Waals surface area (Å²) in [6.07, 6.45) is 6.00. The van der Waals surface area contributed by atoms with Gasteiger partial charge in [0.2, 0.25) is 5.91 Å². The number of halogens is 2. The lowest BCUT2D eigenvalue weighted by Gasteiger charge is -2.24. The fraction of sp³-hybridized carbons (Fsp3) is 0.714. The van der Waals surface area contributed by atoms with Gasteiger partial charge in [-0.1, -0.05) is 6.92 Å². The first-order valence-corrected chi connectivity index (χ1v) is 7.33. The lowest BCUT2D eigenvalue weighted by molar-refractivity contribution is -0.123. The molecule has 2 unspecified atom stereocenters. The molecule has 1 amide bonds. The van der Waals surface area contributed by atoms with Crippen LogP contribution >= 0.6 is 24.8 Å². The van der Waals surface area contributed by atoms with Crippen LogP contribution in [0.3, 0.4) is 0 Å². The lowest BCUT2D eigenvalue weighted by atomic mass is 10.1. The number of nitrogens with one attached hydrogen (secondary N) is 2. The van der Waals surface area contributed by atoms with Gasteiger partial charge in [-0.05, 0) is 33.0 Å². The maximum atomic E-state index is 12.3. The first-order valence-electron chi connectivity index (χ1n) is 7.33. The molecule has 1 aliphatic heterocycles. The minimum Gasteiger partial charge on any atom is -0.353 e. The van der Waals surface area contributed by atoms with Gasteiger partial charge in [-0.15, -0.1) is 24.8 Å². The van der Waals surface area contributed by atoms with Crippen LogP contribution in [0.25, 0.3) is 0 Å². The summed E-state index contributed by atoms with van der Waals surface area (Å²) in [5.74, 6) is 0.0171. The zero-order chi connectivity index (χ0) is 14.5. The van der Waals surface area contributed by atoms with Crippen molar-refractivity contribution in [1.29, 1.82) is 0 Å². The molecule has 2 heterocycles. The van der Waals surface area contributed by atoms with Crippen LogP contribution in [0.5, 0.6) is 0 Å².